The average molecular weight is 431 g/mol. The van der Waals surface area contributed by atoms with E-state index in [2.05, 4.69) is 0 Å². The number of ether oxygens (including phenoxy) is 1. The van der Waals surface area contributed by atoms with Gasteiger partial charge in [0, 0.05) is 18.7 Å². The zero-order chi connectivity index (χ0) is 22.0. The van der Waals surface area contributed by atoms with E-state index in [-0.39, 0.29) is 28.5 Å². The number of Topliss-reactive ketones (excluding diaryl/α,β-unsaturated/α-hetero) is 1. The number of aliphatic hydroxyl groups excluding tert-OH is 1. The van der Waals surface area contributed by atoms with Crippen molar-refractivity contribution >= 4 is 29.1 Å². The normalized spacial score (nSPS) is 18.3. The molecule has 1 saturated heterocycles. The van der Waals surface area contributed by atoms with Crippen LogP contribution in [0.3, 0.4) is 0 Å². The Labute approximate surface area is 179 Å². The van der Waals surface area contributed by atoms with Gasteiger partial charge in [0.25, 0.3) is 11.7 Å². The van der Waals surface area contributed by atoms with Crippen molar-refractivity contribution in [2.45, 2.75) is 6.04 Å². The smallest absolute Gasteiger partial charge is 0.295 e. The molecule has 2 aromatic carbocycles. The summed E-state index contributed by atoms with van der Waals surface area (Å²) in [6, 6.07) is 10.1. The van der Waals surface area contributed by atoms with Crippen molar-refractivity contribution in [1.29, 1.82) is 0 Å². The van der Waals surface area contributed by atoms with Crippen molar-refractivity contribution in [2.24, 2.45) is 0 Å². The summed E-state index contributed by atoms with van der Waals surface area (Å²) in [4.78, 5) is 29.1. The Morgan fingerprint density at radius 2 is 1.93 bits per heavy atom. The highest BCUT2D eigenvalue weighted by Crippen LogP contribution is 2.41. The standard InChI is InChI=1S/C22H23ClN2O5/c1-24(2)9-10-25-19(13-5-4-6-14(26)11-13)18(21(28)22(25)29)20(27)16-12-15(30-3)7-8-17(16)23/h4-8,11-12,19,26-27H,9-10H2,1-3H3/b20-18+. The molecule has 2 N–H and O–H groups in total. The van der Waals surface area contributed by atoms with E-state index in [4.69, 9.17) is 16.3 Å². The quantitative estimate of drug-likeness (QED) is 0.416. The molecule has 1 amide bonds. The van der Waals surface area contributed by atoms with Gasteiger partial charge in [-0.15, -0.1) is 0 Å². The van der Waals surface area contributed by atoms with Gasteiger partial charge in [-0.1, -0.05) is 23.7 Å². The first-order chi connectivity index (χ1) is 14.2. The highest BCUT2D eigenvalue weighted by atomic mass is 35.5. The lowest BCUT2D eigenvalue weighted by Gasteiger charge is -2.26. The molecular formula is C22H23ClN2O5. The lowest BCUT2D eigenvalue weighted by molar-refractivity contribution is -0.140. The molecule has 1 aliphatic heterocycles. The Bertz CT molecular complexity index is 1020. The van der Waals surface area contributed by atoms with E-state index in [9.17, 15) is 19.8 Å². The number of carbonyl (C=O) groups excluding carboxylic acids is 2. The first kappa shape index (κ1) is 21.7. The largest absolute Gasteiger partial charge is 0.508 e. The fourth-order valence-corrected chi connectivity index (χ4v) is 3.62. The van der Waals surface area contributed by atoms with Crippen molar-refractivity contribution in [3.8, 4) is 11.5 Å². The first-order valence-corrected chi connectivity index (χ1v) is 9.68. The Morgan fingerprint density at radius 1 is 1.20 bits per heavy atom. The number of phenols is 1. The summed E-state index contributed by atoms with van der Waals surface area (Å²) >= 11 is 6.26. The number of hydrogen-bond acceptors (Lipinski definition) is 6. The number of hydrogen-bond donors (Lipinski definition) is 2. The van der Waals surface area contributed by atoms with Crippen molar-refractivity contribution in [3.63, 3.8) is 0 Å². The van der Waals surface area contributed by atoms with Gasteiger partial charge < -0.3 is 24.7 Å². The second-order valence-electron chi connectivity index (χ2n) is 7.24. The second kappa shape index (κ2) is 8.77. The van der Waals surface area contributed by atoms with E-state index in [1.54, 1.807) is 24.3 Å². The summed E-state index contributed by atoms with van der Waals surface area (Å²) in [6.07, 6.45) is 0. The molecule has 1 unspecified atom stereocenters. The number of halogens is 1. The topological polar surface area (TPSA) is 90.3 Å². The maximum absolute atomic E-state index is 13.0. The van der Waals surface area contributed by atoms with E-state index in [0.29, 0.717) is 17.9 Å². The van der Waals surface area contributed by atoms with E-state index >= 15 is 0 Å². The van der Waals surface area contributed by atoms with Gasteiger partial charge in [0.15, 0.2) is 0 Å². The van der Waals surface area contributed by atoms with Crippen LogP contribution in [0, 0.1) is 0 Å². The van der Waals surface area contributed by atoms with Gasteiger partial charge in [0.05, 0.1) is 23.7 Å². The van der Waals surface area contributed by atoms with Crippen LogP contribution in [0.4, 0.5) is 0 Å². The molecule has 7 nitrogen and oxygen atoms in total. The van der Waals surface area contributed by atoms with Gasteiger partial charge in [-0.25, -0.2) is 0 Å². The molecule has 3 rings (SSSR count). The van der Waals surface area contributed by atoms with Crippen LogP contribution in [0.2, 0.25) is 5.02 Å². The maximum Gasteiger partial charge on any atom is 0.295 e. The molecule has 30 heavy (non-hydrogen) atoms. The summed E-state index contributed by atoms with van der Waals surface area (Å²) in [7, 11) is 5.19. The fraction of sp³-hybridized carbons (Fsp3) is 0.273. The third kappa shape index (κ3) is 4.13. The van der Waals surface area contributed by atoms with Crippen LogP contribution in [-0.2, 0) is 9.59 Å². The zero-order valence-electron chi connectivity index (χ0n) is 16.9. The summed E-state index contributed by atoms with van der Waals surface area (Å²) in [6.45, 7) is 0.781. The van der Waals surface area contributed by atoms with Crippen LogP contribution in [-0.4, -0.2) is 66.0 Å². The van der Waals surface area contributed by atoms with Gasteiger partial charge >= 0.3 is 0 Å². The van der Waals surface area contributed by atoms with Crippen LogP contribution in [0.1, 0.15) is 17.2 Å². The molecule has 0 bridgehead atoms. The third-order valence-corrected chi connectivity index (χ3v) is 5.27. The van der Waals surface area contributed by atoms with Crippen molar-refractivity contribution in [1.82, 2.24) is 9.80 Å². The van der Waals surface area contributed by atoms with E-state index in [1.165, 1.54) is 30.2 Å². The lowest BCUT2D eigenvalue weighted by atomic mass is 9.95. The Morgan fingerprint density at radius 3 is 2.57 bits per heavy atom. The van der Waals surface area contributed by atoms with Crippen LogP contribution >= 0.6 is 11.6 Å². The molecule has 2 aromatic rings. The second-order valence-corrected chi connectivity index (χ2v) is 7.64. The summed E-state index contributed by atoms with van der Waals surface area (Å²) in [5.41, 5.74) is 0.611. The van der Waals surface area contributed by atoms with Crippen molar-refractivity contribution in [2.75, 3.05) is 34.3 Å². The molecule has 1 heterocycles. The number of nitrogens with zero attached hydrogens (tertiary/aromatic N) is 2. The lowest BCUT2D eigenvalue weighted by Crippen LogP contribution is -2.35. The number of likely N-dealkylation sites (N-methyl/N-ethyl adjacent to an activating group) is 1. The third-order valence-electron chi connectivity index (χ3n) is 4.94. The van der Waals surface area contributed by atoms with E-state index in [0.717, 1.165) is 0 Å². The Kier molecular flexibility index (Phi) is 6.34. The van der Waals surface area contributed by atoms with Crippen LogP contribution in [0.5, 0.6) is 11.5 Å². The molecular weight excluding hydrogens is 408 g/mol. The minimum atomic E-state index is -0.862. The summed E-state index contributed by atoms with van der Waals surface area (Å²) in [5, 5.41) is 21.2. The van der Waals surface area contributed by atoms with Gasteiger partial charge in [-0.05, 0) is 50.0 Å². The molecule has 158 valence electrons. The molecule has 1 atom stereocenters. The highest BCUT2D eigenvalue weighted by Gasteiger charge is 2.46. The number of amides is 1. The monoisotopic (exact) mass is 430 g/mol. The first-order valence-electron chi connectivity index (χ1n) is 9.30. The number of carbonyl (C=O) groups is 2. The van der Waals surface area contributed by atoms with E-state index < -0.39 is 23.5 Å². The Balaban J connectivity index is 2.20. The molecule has 1 aliphatic rings. The van der Waals surface area contributed by atoms with Gasteiger partial charge in [0.1, 0.15) is 17.3 Å². The SMILES string of the molecule is COc1ccc(Cl)c(/C(O)=C2\C(=O)C(=O)N(CCN(C)C)C2c2cccc(O)c2)c1. The minimum Gasteiger partial charge on any atom is -0.508 e. The van der Waals surface area contributed by atoms with Crippen LogP contribution in [0.15, 0.2) is 48.0 Å². The molecule has 0 saturated carbocycles. The van der Waals surface area contributed by atoms with E-state index in [1.807, 2.05) is 19.0 Å². The minimum absolute atomic E-state index is 0.00916. The van der Waals surface area contributed by atoms with Crippen LogP contribution < -0.4 is 4.74 Å². The zero-order valence-corrected chi connectivity index (χ0v) is 17.7. The molecule has 0 radical (unpaired) electrons. The number of aromatic hydroxyl groups is 1. The van der Waals surface area contributed by atoms with Gasteiger partial charge in [-0.2, -0.15) is 0 Å². The predicted octanol–water partition coefficient (Wildman–Crippen LogP) is 3.04. The van der Waals surface area contributed by atoms with Crippen molar-refractivity contribution in [3.05, 3.63) is 64.2 Å². The van der Waals surface area contributed by atoms with Crippen LogP contribution in [0.25, 0.3) is 5.76 Å². The molecule has 0 aromatic heterocycles. The van der Waals surface area contributed by atoms with Gasteiger partial charge in [-0.3, -0.25) is 9.59 Å². The van der Waals surface area contributed by atoms with Gasteiger partial charge in [0.2, 0.25) is 0 Å². The molecule has 0 spiro atoms. The molecule has 1 fully saturated rings. The Hall–Kier alpha value is -3.03. The number of rotatable bonds is 6. The number of phenolic OH excluding ortho intramolecular Hbond substituents is 1. The number of methoxy groups -OCH3 is 1. The van der Waals surface area contributed by atoms with Crippen molar-refractivity contribution < 1.29 is 24.5 Å². The number of likely N-dealkylation sites (tertiary alicyclic amines) is 1. The molecule has 0 aliphatic carbocycles. The molecule has 8 heteroatoms. The average Bonchev–Trinajstić information content (AvgIpc) is 2.96. The summed E-state index contributed by atoms with van der Waals surface area (Å²) < 4.78 is 5.19. The summed E-state index contributed by atoms with van der Waals surface area (Å²) in [5.74, 6) is -1.48. The number of benzene rings is 2. The number of ketones is 1. The predicted molar refractivity (Wildman–Crippen MR) is 114 cm³/mol. The maximum atomic E-state index is 13.0. The number of aliphatic hydroxyl groups is 1. The highest BCUT2D eigenvalue weighted by molar-refractivity contribution is 6.47. The fourth-order valence-electron chi connectivity index (χ4n) is 3.42.